The molecule has 1 atom stereocenters. The summed E-state index contributed by atoms with van der Waals surface area (Å²) in [4.78, 5) is 8.76. The van der Waals surface area contributed by atoms with Gasteiger partial charge in [-0.3, -0.25) is 0 Å². The molecule has 5 heteroatoms. The molecule has 0 amide bonds. The van der Waals surface area contributed by atoms with E-state index >= 15 is 0 Å². The normalized spacial score (nSPS) is 15.9. The fourth-order valence-electron chi connectivity index (χ4n) is 5.19. The van der Waals surface area contributed by atoms with Gasteiger partial charge in [0, 0.05) is 32.6 Å². The second-order valence-corrected chi connectivity index (χ2v) is 9.82. The van der Waals surface area contributed by atoms with Gasteiger partial charge in [-0.1, -0.05) is 101 Å². The Kier molecular flexibility index (Phi) is 4.71. The first kappa shape index (κ1) is 20.4. The lowest BCUT2D eigenvalue weighted by Crippen LogP contribution is -2.20. The molecule has 1 aliphatic rings. The minimum atomic E-state index is 0.0679. The summed E-state index contributed by atoms with van der Waals surface area (Å²) in [7, 11) is 0. The molecule has 7 rings (SSSR count). The highest BCUT2D eigenvalue weighted by atomic mass is 79.9. The summed E-state index contributed by atoms with van der Waals surface area (Å²) in [5.41, 5.74) is 5.41. The average Bonchev–Trinajstić information content (AvgIpc) is 3.51. The lowest BCUT2D eigenvalue weighted by atomic mass is 9.98. The number of nitrogens with zero attached hydrogens (tertiary/aromatic N) is 3. The van der Waals surface area contributed by atoms with Crippen LogP contribution < -0.4 is 5.01 Å². The van der Waals surface area contributed by atoms with Gasteiger partial charge >= 0.3 is 0 Å². The summed E-state index contributed by atoms with van der Waals surface area (Å²) in [6.07, 6.45) is 0.821. The predicted octanol–water partition coefficient (Wildman–Crippen LogP) is 7.99. The number of hydrogen-bond donors (Lipinski definition) is 1. The molecule has 0 saturated heterocycles. The van der Waals surface area contributed by atoms with Gasteiger partial charge in [0.25, 0.3) is 0 Å². The number of benzene rings is 4. The van der Waals surface area contributed by atoms with E-state index in [0.29, 0.717) is 0 Å². The van der Waals surface area contributed by atoms with E-state index in [2.05, 4.69) is 123 Å². The first-order chi connectivity index (χ1) is 17.3. The van der Waals surface area contributed by atoms with Gasteiger partial charge < -0.3 is 4.98 Å². The summed E-state index contributed by atoms with van der Waals surface area (Å²) >= 11 is 3.64. The molecule has 1 N–H and O–H groups in total. The molecule has 4 aromatic carbocycles. The second kappa shape index (κ2) is 8.07. The zero-order valence-electron chi connectivity index (χ0n) is 18.8. The maximum Gasteiger partial charge on any atom is 0.159 e. The van der Waals surface area contributed by atoms with Gasteiger partial charge in [-0.2, -0.15) is 5.10 Å². The molecule has 1 unspecified atom stereocenters. The summed E-state index contributed by atoms with van der Waals surface area (Å²) in [6, 6.07) is 36.0. The molecule has 0 spiro atoms. The minimum Gasteiger partial charge on any atom is -0.339 e. The molecule has 35 heavy (non-hydrogen) atoms. The summed E-state index contributed by atoms with van der Waals surface area (Å²) in [5.74, 6) is 0.874. The van der Waals surface area contributed by atoms with E-state index in [1.54, 1.807) is 0 Å². The molecular formula is C30H21BrN4. The molecule has 1 aliphatic heterocycles. The lowest BCUT2D eigenvalue weighted by molar-refractivity contribution is 0.703. The largest absolute Gasteiger partial charge is 0.339 e. The van der Waals surface area contributed by atoms with Gasteiger partial charge in [-0.05, 0) is 34.7 Å². The molecule has 0 bridgehead atoms. The summed E-state index contributed by atoms with van der Waals surface area (Å²) < 4.78 is 1.06. The number of nitrogens with one attached hydrogen (secondary N) is 1. The number of hydrogen-bond acceptors (Lipinski definition) is 3. The number of aromatic amines is 1. The fourth-order valence-corrected chi connectivity index (χ4v) is 5.55. The molecule has 6 aromatic rings. The quantitative estimate of drug-likeness (QED) is 0.259. The van der Waals surface area contributed by atoms with Crippen LogP contribution in [-0.2, 0) is 0 Å². The van der Waals surface area contributed by atoms with Crippen molar-refractivity contribution >= 4 is 60.2 Å². The van der Waals surface area contributed by atoms with E-state index in [1.807, 2.05) is 6.07 Å². The van der Waals surface area contributed by atoms with Gasteiger partial charge in [-0.25, -0.2) is 9.99 Å². The number of halogens is 1. The van der Waals surface area contributed by atoms with Crippen LogP contribution in [-0.4, -0.2) is 15.7 Å². The molecule has 0 aliphatic carbocycles. The van der Waals surface area contributed by atoms with Crippen molar-refractivity contribution in [3.63, 3.8) is 0 Å². The van der Waals surface area contributed by atoms with Crippen LogP contribution in [0.15, 0.2) is 113 Å². The number of H-pyrrole nitrogens is 1. The Morgan fingerprint density at radius 1 is 0.771 bits per heavy atom. The van der Waals surface area contributed by atoms with Crippen LogP contribution in [0.3, 0.4) is 0 Å². The highest BCUT2D eigenvalue weighted by Gasteiger charge is 2.32. The first-order valence-corrected chi connectivity index (χ1v) is 12.5. The zero-order chi connectivity index (χ0) is 23.4. The smallest absolute Gasteiger partial charge is 0.159 e. The van der Waals surface area contributed by atoms with Crippen LogP contribution in [0.2, 0.25) is 0 Å². The minimum absolute atomic E-state index is 0.0679. The van der Waals surface area contributed by atoms with Crippen LogP contribution in [0, 0.1) is 0 Å². The fraction of sp³-hybridized carbons (Fsp3) is 0.0667. The third-order valence-electron chi connectivity index (χ3n) is 6.81. The Balaban J connectivity index is 1.50. The molecule has 0 radical (unpaired) electrons. The Hall–Kier alpha value is -3.96. The summed E-state index contributed by atoms with van der Waals surface area (Å²) in [5, 5.41) is 11.9. The van der Waals surface area contributed by atoms with Crippen molar-refractivity contribution in [1.29, 1.82) is 0 Å². The Morgan fingerprint density at radius 3 is 2.29 bits per heavy atom. The highest BCUT2D eigenvalue weighted by molar-refractivity contribution is 9.10. The molecule has 0 saturated carbocycles. The van der Waals surface area contributed by atoms with Crippen molar-refractivity contribution < 1.29 is 0 Å². The zero-order valence-corrected chi connectivity index (χ0v) is 20.4. The van der Waals surface area contributed by atoms with Crippen LogP contribution in [0.1, 0.15) is 23.6 Å². The van der Waals surface area contributed by atoms with Gasteiger partial charge in [-0.15, -0.1) is 0 Å². The number of aromatic nitrogens is 2. The molecule has 0 fully saturated rings. The van der Waals surface area contributed by atoms with Crippen molar-refractivity contribution in [3.05, 3.63) is 119 Å². The van der Waals surface area contributed by atoms with Crippen molar-refractivity contribution in [2.45, 2.75) is 12.5 Å². The van der Waals surface area contributed by atoms with E-state index < -0.39 is 0 Å². The van der Waals surface area contributed by atoms with Crippen LogP contribution in [0.25, 0.3) is 32.7 Å². The molecule has 4 nitrogen and oxygen atoms in total. The van der Waals surface area contributed by atoms with E-state index in [1.165, 1.54) is 16.3 Å². The number of rotatable bonds is 3. The highest BCUT2D eigenvalue weighted by Crippen LogP contribution is 2.42. The third-order valence-corrected chi connectivity index (χ3v) is 7.31. The van der Waals surface area contributed by atoms with E-state index in [4.69, 9.17) is 10.1 Å². The number of hydrazone groups is 1. The number of anilines is 1. The maximum atomic E-state index is 5.20. The van der Waals surface area contributed by atoms with Crippen molar-refractivity contribution in [2.24, 2.45) is 5.10 Å². The molecular weight excluding hydrogens is 496 g/mol. The van der Waals surface area contributed by atoms with Gasteiger partial charge in [0.05, 0.1) is 11.8 Å². The third kappa shape index (κ3) is 3.34. The maximum absolute atomic E-state index is 5.20. The van der Waals surface area contributed by atoms with Gasteiger partial charge in [0.15, 0.2) is 5.82 Å². The van der Waals surface area contributed by atoms with Crippen molar-refractivity contribution in [3.8, 4) is 0 Å². The predicted molar refractivity (Wildman–Crippen MR) is 148 cm³/mol. The first-order valence-electron chi connectivity index (χ1n) is 11.7. The van der Waals surface area contributed by atoms with E-state index in [0.717, 1.165) is 49.9 Å². The summed E-state index contributed by atoms with van der Waals surface area (Å²) in [6.45, 7) is 0. The van der Waals surface area contributed by atoms with Crippen LogP contribution >= 0.6 is 15.9 Å². The van der Waals surface area contributed by atoms with Crippen LogP contribution in [0.5, 0.6) is 0 Å². The van der Waals surface area contributed by atoms with Gasteiger partial charge in [0.2, 0.25) is 0 Å². The van der Waals surface area contributed by atoms with Gasteiger partial charge in [0.1, 0.15) is 5.65 Å². The topological polar surface area (TPSA) is 44.3 Å². The monoisotopic (exact) mass is 516 g/mol. The van der Waals surface area contributed by atoms with E-state index in [-0.39, 0.29) is 6.04 Å². The standard InChI is InChI=1S/C30H21BrN4/c31-21-15-16-25-24(17-21)28-22-13-7-8-14-23(22)30(33-29(28)32-25)35-27(20-11-5-2-6-12-20)18-26(34-35)19-9-3-1-4-10-19/h1-17,27H,18H2,(H,32,33). The Bertz CT molecular complexity index is 1740. The average molecular weight is 517 g/mol. The molecule has 3 heterocycles. The van der Waals surface area contributed by atoms with E-state index in [9.17, 15) is 0 Å². The Morgan fingerprint density at radius 2 is 1.49 bits per heavy atom. The lowest BCUT2D eigenvalue weighted by Gasteiger charge is -2.24. The molecule has 2 aromatic heterocycles. The second-order valence-electron chi connectivity index (χ2n) is 8.91. The number of fused-ring (bicyclic) bond motifs is 5. The SMILES string of the molecule is Brc1ccc2[nH]c3nc(N4N=C(c5ccccc5)CC4c4ccccc4)c4ccccc4c3c2c1. The van der Waals surface area contributed by atoms with Crippen LogP contribution in [0.4, 0.5) is 5.82 Å². The Labute approximate surface area is 211 Å². The van der Waals surface area contributed by atoms with Crippen molar-refractivity contribution in [2.75, 3.05) is 5.01 Å². The number of pyridine rings is 1. The molecule has 168 valence electrons. The van der Waals surface area contributed by atoms with Crippen molar-refractivity contribution in [1.82, 2.24) is 9.97 Å².